The van der Waals surface area contributed by atoms with E-state index < -0.39 is 0 Å². The predicted molar refractivity (Wildman–Crippen MR) is 100 cm³/mol. The van der Waals surface area contributed by atoms with Crippen molar-refractivity contribution in [2.45, 2.75) is 40.3 Å². The third-order valence-corrected chi connectivity index (χ3v) is 4.86. The summed E-state index contributed by atoms with van der Waals surface area (Å²) in [6.45, 7) is 5.85. The topological polar surface area (TPSA) is 104 Å². The first-order valence-corrected chi connectivity index (χ1v) is 8.81. The van der Waals surface area contributed by atoms with Crippen molar-refractivity contribution in [3.8, 4) is 0 Å². The van der Waals surface area contributed by atoms with Gasteiger partial charge in [-0.2, -0.15) is 5.10 Å². The van der Waals surface area contributed by atoms with Crippen molar-refractivity contribution in [2.24, 2.45) is 0 Å². The molecule has 0 atom stereocenters. The number of nitrogens with one attached hydrogen (secondary N) is 1. The summed E-state index contributed by atoms with van der Waals surface area (Å²) in [4.78, 5) is 47.4. The number of carbonyl (C=O) groups is 2. The first kappa shape index (κ1) is 18.8. The molecule has 9 nitrogen and oxygen atoms in total. The van der Waals surface area contributed by atoms with Gasteiger partial charge in [0.2, 0.25) is 11.9 Å². The van der Waals surface area contributed by atoms with E-state index in [0.29, 0.717) is 47.1 Å². The summed E-state index contributed by atoms with van der Waals surface area (Å²) in [6, 6.07) is 0. The third kappa shape index (κ3) is 3.49. The number of aryl methyl sites for hydroxylation is 1. The first-order chi connectivity index (χ1) is 12.7. The Morgan fingerprint density at radius 2 is 1.96 bits per heavy atom. The second kappa shape index (κ2) is 6.98. The van der Waals surface area contributed by atoms with E-state index in [-0.39, 0.29) is 30.3 Å². The van der Waals surface area contributed by atoms with Gasteiger partial charge in [-0.05, 0) is 27.2 Å². The van der Waals surface area contributed by atoms with Crippen LogP contribution in [0.2, 0.25) is 0 Å². The zero-order valence-corrected chi connectivity index (χ0v) is 16.3. The van der Waals surface area contributed by atoms with Gasteiger partial charge in [0.15, 0.2) is 5.78 Å². The summed E-state index contributed by atoms with van der Waals surface area (Å²) in [5.74, 6) is 0.294. The Kier molecular flexibility index (Phi) is 4.86. The van der Waals surface area contributed by atoms with Gasteiger partial charge in [-0.25, -0.2) is 4.98 Å². The van der Waals surface area contributed by atoms with Gasteiger partial charge in [0.1, 0.15) is 6.54 Å². The molecule has 1 amide bonds. The van der Waals surface area contributed by atoms with Gasteiger partial charge in [-0.1, -0.05) is 0 Å². The Morgan fingerprint density at radius 1 is 1.26 bits per heavy atom. The van der Waals surface area contributed by atoms with Crippen LogP contribution in [0.5, 0.6) is 0 Å². The smallest absolute Gasteiger partial charge is 0.255 e. The number of rotatable bonds is 4. The number of hydrogen-bond acceptors (Lipinski definition) is 6. The van der Waals surface area contributed by atoms with Gasteiger partial charge in [-0.15, -0.1) is 0 Å². The molecule has 0 saturated heterocycles. The number of carbonyl (C=O) groups excluding carboxylic acids is 2. The van der Waals surface area contributed by atoms with Crippen LogP contribution in [0.3, 0.4) is 0 Å². The molecule has 1 aliphatic heterocycles. The summed E-state index contributed by atoms with van der Waals surface area (Å²) in [7, 11) is 3.59. The molecule has 0 aromatic carbocycles. The average Bonchev–Trinajstić information content (AvgIpc) is 2.87. The summed E-state index contributed by atoms with van der Waals surface area (Å²) >= 11 is 0. The molecule has 144 valence electrons. The number of amides is 1. The Bertz CT molecular complexity index is 972. The zero-order chi connectivity index (χ0) is 19.9. The minimum absolute atomic E-state index is 0.0546. The van der Waals surface area contributed by atoms with E-state index >= 15 is 0 Å². The van der Waals surface area contributed by atoms with Crippen molar-refractivity contribution in [1.82, 2.24) is 24.6 Å². The summed E-state index contributed by atoms with van der Waals surface area (Å²) in [6.07, 6.45) is 0.465. The number of ketones is 1. The van der Waals surface area contributed by atoms with Crippen LogP contribution in [-0.4, -0.2) is 57.0 Å². The molecule has 1 aliphatic rings. The van der Waals surface area contributed by atoms with Crippen molar-refractivity contribution in [3.63, 3.8) is 0 Å². The van der Waals surface area contributed by atoms with Crippen LogP contribution in [0.4, 0.5) is 5.95 Å². The molecule has 0 spiro atoms. The Labute approximate surface area is 157 Å². The minimum atomic E-state index is -0.152. The maximum Gasteiger partial charge on any atom is 0.255 e. The van der Waals surface area contributed by atoms with Crippen molar-refractivity contribution in [2.75, 3.05) is 25.5 Å². The molecule has 3 heterocycles. The van der Waals surface area contributed by atoms with Gasteiger partial charge >= 0.3 is 0 Å². The quantitative estimate of drug-likeness (QED) is 0.781. The SMILES string of the molecule is CC(=O)c1c(C)nn(CC(=O)N2CCc3c(nc(N(C)C)[nH]c3=O)C2)c1C. The molecule has 27 heavy (non-hydrogen) atoms. The Hall–Kier alpha value is -2.97. The van der Waals surface area contributed by atoms with Gasteiger partial charge in [0.25, 0.3) is 5.56 Å². The molecule has 0 radical (unpaired) electrons. The molecule has 0 fully saturated rings. The van der Waals surface area contributed by atoms with Gasteiger partial charge in [0.05, 0.1) is 23.5 Å². The molecule has 9 heteroatoms. The molecule has 0 unspecified atom stereocenters. The van der Waals surface area contributed by atoms with E-state index in [9.17, 15) is 14.4 Å². The largest absolute Gasteiger partial charge is 0.348 e. The second-order valence-corrected chi connectivity index (χ2v) is 7.03. The van der Waals surface area contributed by atoms with E-state index in [1.165, 1.54) is 6.92 Å². The van der Waals surface area contributed by atoms with Crippen molar-refractivity contribution in [3.05, 3.63) is 38.6 Å². The van der Waals surface area contributed by atoms with Crippen LogP contribution in [-0.2, 0) is 24.3 Å². The number of nitrogens with zero attached hydrogens (tertiary/aromatic N) is 5. The van der Waals surface area contributed by atoms with E-state index in [1.54, 1.807) is 42.4 Å². The van der Waals surface area contributed by atoms with Crippen molar-refractivity contribution >= 4 is 17.6 Å². The highest BCUT2D eigenvalue weighted by atomic mass is 16.2. The molecular formula is C18H24N6O3. The van der Waals surface area contributed by atoms with E-state index in [0.717, 1.165) is 0 Å². The number of anilines is 1. The fraction of sp³-hybridized carbons (Fsp3) is 0.500. The third-order valence-electron chi connectivity index (χ3n) is 4.86. The minimum Gasteiger partial charge on any atom is -0.348 e. The number of H-pyrrole nitrogens is 1. The fourth-order valence-corrected chi connectivity index (χ4v) is 3.44. The monoisotopic (exact) mass is 372 g/mol. The lowest BCUT2D eigenvalue weighted by Crippen LogP contribution is -2.41. The fourth-order valence-electron chi connectivity index (χ4n) is 3.44. The highest BCUT2D eigenvalue weighted by Crippen LogP contribution is 2.18. The van der Waals surface area contributed by atoms with E-state index in [2.05, 4.69) is 15.1 Å². The predicted octanol–water partition coefficient (Wildman–Crippen LogP) is 0.437. The first-order valence-electron chi connectivity index (χ1n) is 8.81. The number of hydrogen-bond donors (Lipinski definition) is 1. The maximum atomic E-state index is 12.8. The van der Waals surface area contributed by atoms with Crippen LogP contribution >= 0.6 is 0 Å². The molecule has 1 N–H and O–H groups in total. The van der Waals surface area contributed by atoms with Crippen LogP contribution in [0, 0.1) is 13.8 Å². The summed E-state index contributed by atoms with van der Waals surface area (Å²) in [5, 5.41) is 4.33. The average molecular weight is 372 g/mol. The van der Waals surface area contributed by atoms with Crippen molar-refractivity contribution in [1.29, 1.82) is 0 Å². The lowest BCUT2D eigenvalue weighted by atomic mass is 10.1. The van der Waals surface area contributed by atoms with E-state index in [1.807, 2.05) is 0 Å². The molecule has 2 aromatic heterocycles. The lowest BCUT2D eigenvalue weighted by Gasteiger charge is -2.28. The number of Topliss-reactive ketones (excluding diaryl/α,β-unsaturated/α-hetero) is 1. The van der Waals surface area contributed by atoms with Crippen molar-refractivity contribution < 1.29 is 9.59 Å². The number of aromatic nitrogens is 4. The highest BCUT2D eigenvalue weighted by Gasteiger charge is 2.26. The van der Waals surface area contributed by atoms with Crippen LogP contribution in [0.1, 0.15) is 39.9 Å². The number of fused-ring (bicyclic) bond motifs is 1. The van der Waals surface area contributed by atoms with Gasteiger partial charge in [0, 0.05) is 31.9 Å². The maximum absolute atomic E-state index is 12.8. The molecule has 0 bridgehead atoms. The number of aromatic amines is 1. The summed E-state index contributed by atoms with van der Waals surface area (Å²) < 4.78 is 1.57. The standard InChI is InChI=1S/C18H24N6O3/c1-10-16(12(3)25)11(2)24(21-10)9-15(26)23-7-6-13-14(8-23)19-18(22(4)5)20-17(13)27/h6-9H2,1-5H3,(H,19,20,27). The summed E-state index contributed by atoms with van der Waals surface area (Å²) in [5.41, 5.74) is 2.99. The molecule has 3 rings (SSSR count). The van der Waals surface area contributed by atoms with Gasteiger partial charge < -0.3 is 9.80 Å². The molecule has 2 aromatic rings. The molecular weight excluding hydrogens is 348 g/mol. The van der Waals surface area contributed by atoms with Gasteiger partial charge in [-0.3, -0.25) is 24.0 Å². The lowest BCUT2D eigenvalue weighted by molar-refractivity contribution is -0.133. The Balaban J connectivity index is 1.81. The zero-order valence-electron chi connectivity index (χ0n) is 16.3. The van der Waals surface area contributed by atoms with Crippen LogP contribution in [0.25, 0.3) is 0 Å². The normalized spacial score (nSPS) is 13.4. The molecule has 0 aliphatic carbocycles. The van der Waals surface area contributed by atoms with Crippen LogP contribution < -0.4 is 10.5 Å². The second-order valence-electron chi connectivity index (χ2n) is 7.03. The van der Waals surface area contributed by atoms with Crippen LogP contribution in [0.15, 0.2) is 4.79 Å². The van der Waals surface area contributed by atoms with E-state index in [4.69, 9.17) is 0 Å². The molecule has 0 saturated carbocycles. The Morgan fingerprint density at radius 3 is 2.56 bits per heavy atom. The highest BCUT2D eigenvalue weighted by molar-refractivity contribution is 5.96.